The van der Waals surface area contributed by atoms with E-state index in [2.05, 4.69) is 0 Å². The summed E-state index contributed by atoms with van der Waals surface area (Å²) >= 11 is 6.71. The Morgan fingerprint density at radius 2 is 1.62 bits per heavy atom. The van der Waals surface area contributed by atoms with Crippen LogP contribution in [0, 0.1) is 0 Å². The van der Waals surface area contributed by atoms with Crippen molar-refractivity contribution in [3.8, 4) is 23.0 Å². The Kier molecular flexibility index (Phi) is 7.72. The topological polar surface area (TPSA) is 57.2 Å². The Balaban J connectivity index is 1.40. The van der Waals surface area contributed by atoms with E-state index >= 15 is 0 Å². The summed E-state index contributed by atoms with van der Waals surface area (Å²) in [6.07, 6.45) is 1.81. The van der Waals surface area contributed by atoms with Crippen LogP contribution in [0.1, 0.15) is 5.56 Å². The highest BCUT2D eigenvalue weighted by Gasteiger charge is 2.33. The van der Waals surface area contributed by atoms with Crippen molar-refractivity contribution >= 4 is 46.0 Å². The Bertz CT molecular complexity index is 1210. The fourth-order valence-electron chi connectivity index (χ4n) is 3.31. The molecule has 6 nitrogen and oxygen atoms in total. The number of para-hydroxylation sites is 1. The molecule has 0 aromatic heterocycles. The number of ether oxygens (including phenoxy) is 4. The standard InChI is InChI=1S/C26H23NO5S2/c1-29-20-9-6-10-21(17-20)31-13-14-32-22-12-11-18(15-23(22)30-2)16-24-25(28)27(26(33)34-24)19-7-4-3-5-8-19/h3-12,15-17H,13-14H2,1-2H3/b24-16-. The molecule has 3 aromatic rings. The SMILES string of the molecule is COc1cccc(OCCOc2ccc(/C=C3\SC(=S)N(c4ccccc4)C3=O)cc2OC)c1. The van der Waals surface area contributed by atoms with Crippen molar-refractivity contribution in [1.29, 1.82) is 0 Å². The van der Waals surface area contributed by atoms with Crippen molar-refractivity contribution in [2.24, 2.45) is 0 Å². The molecule has 0 radical (unpaired) electrons. The van der Waals surface area contributed by atoms with Crippen molar-refractivity contribution in [2.45, 2.75) is 0 Å². The lowest BCUT2D eigenvalue weighted by atomic mass is 10.2. The maximum absolute atomic E-state index is 12.9. The second-order valence-corrected chi connectivity index (χ2v) is 8.81. The Labute approximate surface area is 208 Å². The lowest BCUT2D eigenvalue weighted by molar-refractivity contribution is -0.113. The number of rotatable bonds is 9. The number of thiocarbonyl (C=S) groups is 1. The normalized spacial score (nSPS) is 14.4. The van der Waals surface area contributed by atoms with E-state index in [0.717, 1.165) is 17.0 Å². The fourth-order valence-corrected chi connectivity index (χ4v) is 4.61. The third-order valence-electron chi connectivity index (χ3n) is 4.94. The van der Waals surface area contributed by atoms with Crippen LogP contribution in [0.4, 0.5) is 5.69 Å². The third-order valence-corrected chi connectivity index (χ3v) is 6.25. The fraction of sp³-hybridized carbons (Fsp3) is 0.154. The van der Waals surface area contributed by atoms with Gasteiger partial charge in [0.2, 0.25) is 0 Å². The van der Waals surface area contributed by atoms with Gasteiger partial charge in [0.05, 0.1) is 24.8 Å². The minimum atomic E-state index is -0.143. The number of amides is 1. The number of nitrogens with zero attached hydrogens (tertiary/aromatic N) is 1. The molecule has 1 amide bonds. The van der Waals surface area contributed by atoms with Gasteiger partial charge in [-0.1, -0.05) is 54.3 Å². The first-order valence-corrected chi connectivity index (χ1v) is 11.7. The second kappa shape index (κ2) is 11.1. The average molecular weight is 494 g/mol. The number of anilines is 1. The first-order chi connectivity index (χ1) is 16.6. The summed E-state index contributed by atoms with van der Waals surface area (Å²) in [5.41, 5.74) is 1.57. The van der Waals surface area contributed by atoms with E-state index in [9.17, 15) is 4.79 Å². The van der Waals surface area contributed by atoms with Crippen molar-refractivity contribution in [3.63, 3.8) is 0 Å². The van der Waals surface area contributed by atoms with Crippen LogP contribution in [0.5, 0.6) is 23.0 Å². The predicted molar refractivity (Wildman–Crippen MR) is 139 cm³/mol. The Morgan fingerprint density at radius 3 is 2.38 bits per heavy atom. The smallest absolute Gasteiger partial charge is 0.270 e. The monoisotopic (exact) mass is 493 g/mol. The van der Waals surface area contributed by atoms with Gasteiger partial charge in [-0.25, -0.2) is 0 Å². The molecule has 4 rings (SSSR count). The molecule has 1 heterocycles. The molecular weight excluding hydrogens is 470 g/mol. The Hall–Kier alpha value is -3.49. The molecule has 0 saturated carbocycles. The minimum Gasteiger partial charge on any atom is -0.497 e. The van der Waals surface area contributed by atoms with Crippen molar-refractivity contribution in [2.75, 3.05) is 32.3 Å². The number of carbonyl (C=O) groups excluding carboxylic acids is 1. The van der Waals surface area contributed by atoms with Gasteiger partial charge in [0, 0.05) is 6.07 Å². The Morgan fingerprint density at radius 1 is 0.853 bits per heavy atom. The molecule has 0 bridgehead atoms. The highest BCUT2D eigenvalue weighted by atomic mass is 32.2. The zero-order chi connectivity index (χ0) is 23.9. The van der Waals surface area contributed by atoms with Crippen LogP contribution in [-0.2, 0) is 4.79 Å². The van der Waals surface area contributed by atoms with Crippen molar-refractivity contribution in [1.82, 2.24) is 0 Å². The van der Waals surface area contributed by atoms with E-state index in [1.54, 1.807) is 25.2 Å². The summed E-state index contributed by atoms with van der Waals surface area (Å²) in [4.78, 5) is 15.0. The first-order valence-electron chi connectivity index (χ1n) is 10.5. The molecule has 0 unspecified atom stereocenters. The van der Waals surface area contributed by atoms with Gasteiger partial charge in [0.25, 0.3) is 5.91 Å². The largest absolute Gasteiger partial charge is 0.497 e. The van der Waals surface area contributed by atoms with Gasteiger partial charge in [-0.05, 0) is 48.0 Å². The predicted octanol–water partition coefficient (Wildman–Crippen LogP) is 5.57. The minimum absolute atomic E-state index is 0.143. The number of thioether (sulfide) groups is 1. The molecule has 0 aliphatic carbocycles. The summed E-state index contributed by atoms with van der Waals surface area (Å²) in [6.45, 7) is 0.697. The molecule has 3 aromatic carbocycles. The van der Waals surface area contributed by atoms with E-state index in [0.29, 0.717) is 39.7 Å². The maximum Gasteiger partial charge on any atom is 0.270 e. The van der Waals surface area contributed by atoms with Gasteiger partial charge >= 0.3 is 0 Å². The van der Waals surface area contributed by atoms with Crippen LogP contribution in [-0.4, -0.2) is 37.7 Å². The van der Waals surface area contributed by atoms with E-state index < -0.39 is 0 Å². The molecule has 174 valence electrons. The van der Waals surface area contributed by atoms with E-state index in [1.165, 1.54) is 11.8 Å². The van der Waals surface area contributed by atoms with Crippen LogP contribution in [0.2, 0.25) is 0 Å². The maximum atomic E-state index is 12.9. The van der Waals surface area contributed by atoms with Gasteiger partial charge in [-0.15, -0.1) is 0 Å². The molecule has 0 spiro atoms. The van der Waals surface area contributed by atoms with Crippen LogP contribution in [0.25, 0.3) is 6.08 Å². The van der Waals surface area contributed by atoms with Crippen molar-refractivity contribution < 1.29 is 23.7 Å². The number of methoxy groups -OCH3 is 2. The summed E-state index contributed by atoms with van der Waals surface area (Å²) in [6, 6.07) is 22.3. The van der Waals surface area contributed by atoms with Crippen LogP contribution in [0.15, 0.2) is 77.7 Å². The molecule has 1 aliphatic heterocycles. The van der Waals surface area contributed by atoms with Gasteiger partial charge in [-0.2, -0.15) is 0 Å². The van der Waals surface area contributed by atoms with Crippen LogP contribution in [0.3, 0.4) is 0 Å². The van der Waals surface area contributed by atoms with Gasteiger partial charge in [0.15, 0.2) is 15.8 Å². The molecule has 0 atom stereocenters. The van der Waals surface area contributed by atoms with Gasteiger partial charge in [-0.3, -0.25) is 9.69 Å². The number of benzene rings is 3. The molecule has 1 fully saturated rings. The van der Waals surface area contributed by atoms with E-state index in [4.69, 9.17) is 31.2 Å². The molecule has 1 saturated heterocycles. The number of hydrogen-bond acceptors (Lipinski definition) is 7. The molecule has 1 aliphatic rings. The molecular formula is C26H23NO5S2. The zero-order valence-electron chi connectivity index (χ0n) is 18.7. The molecule has 34 heavy (non-hydrogen) atoms. The van der Waals surface area contributed by atoms with E-state index in [-0.39, 0.29) is 5.91 Å². The highest BCUT2D eigenvalue weighted by Crippen LogP contribution is 2.37. The quantitative estimate of drug-likeness (QED) is 0.219. The second-order valence-electron chi connectivity index (χ2n) is 7.14. The van der Waals surface area contributed by atoms with E-state index in [1.807, 2.05) is 72.8 Å². The average Bonchev–Trinajstić information content (AvgIpc) is 3.15. The summed E-state index contributed by atoms with van der Waals surface area (Å²) in [5.74, 6) is 2.45. The van der Waals surface area contributed by atoms with Crippen LogP contribution >= 0.6 is 24.0 Å². The summed E-state index contributed by atoms with van der Waals surface area (Å²) in [5, 5.41) is 0. The van der Waals surface area contributed by atoms with Gasteiger partial charge < -0.3 is 18.9 Å². The number of hydrogen-bond donors (Lipinski definition) is 0. The number of carbonyl (C=O) groups is 1. The summed E-state index contributed by atoms with van der Waals surface area (Å²) in [7, 11) is 3.19. The van der Waals surface area contributed by atoms with Crippen LogP contribution < -0.4 is 23.8 Å². The lowest BCUT2D eigenvalue weighted by Crippen LogP contribution is -2.27. The third kappa shape index (κ3) is 5.52. The highest BCUT2D eigenvalue weighted by molar-refractivity contribution is 8.27. The van der Waals surface area contributed by atoms with Crippen molar-refractivity contribution in [3.05, 3.63) is 83.3 Å². The molecule has 0 N–H and O–H groups in total. The summed E-state index contributed by atoms with van der Waals surface area (Å²) < 4.78 is 22.7. The zero-order valence-corrected chi connectivity index (χ0v) is 20.4. The molecule has 8 heteroatoms. The van der Waals surface area contributed by atoms with Gasteiger partial charge in [0.1, 0.15) is 24.7 Å². The lowest BCUT2D eigenvalue weighted by Gasteiger charge is -2.14. The first kappa shape index (κ1) is 23.7.